The summed E-state index contributed by atoms with van der Waals surface area (Å²) < 4.78 is 15.3. The summed E-state index contributed by atoms with van der Waals surface area (Å²) >= 11 is 0. The summed E-state index contributed by atoms with van der Waals surface area (Å²) in [7, 11) is 0. The lowest BCUT2D eigenvalue weighted by Crippen LogP contribution is -2.27. The maximum Gasteiger partial charge on any atom is 0.338 e. The van der Waals surface area contributed by atoms with Crippen LogP contribution in [0.3, 0.4) is 0 Å². The molecule has 152 valence electrons. The molecule has 1 heterocycles. The molecule has 2 N–H and O–H groups in total. The van der Waals surface area contributed by atoms with Gasteiger partial charge in [0.1, 0.15) is 23.8 Å². The van der Waals surface area contributed by atoms with Gasteiger partial charge in [-0.25, -0.2) is 4.79 Å². The van der Waals surface area contributed by atoms with E-state index in [9.17, 15) is 25.0 Å². The van der Waals surface area contributed by atoms with Crippen LogP contribution in [0.5, 0.6) is 0 Å². The van der Waals surface area contributed by atoms with Gasteiger partial charge in [-0.2, -0.15) is 5.26 Å². The summed E-state index contributed by atoms with van der Waals surface area (Å²) in [6.45, 7) is 3.28. The molecule has 0 radical (unpaired) electrons. The minimum Gasteiger partial charge on any atom is -0.466 e. The van der Waals surface area contributed by atoms with Gasteiger partial charge in [-0.1, -0.05) is 18.2 Å². The standard InChI is InChI=1S/C19H19N3O7/c1-3-27-15(23)9-14-17(19(24)28-4-2)16(12(10-20)18(21)29-14)11-7-5-6-8-13(11)22(25)26/h5-8,16H,3-4,9,21H2,1-2H3/t16-/m0/s1. The van der Waals surface area contributed by atoms with E-state index in [1.54, 1.807) is 13.8 Å². The zero-order chi connectivity index (χ0) is 21.6. The van der Waals surface area contributed by atoms with E-state index in [2.05, 4.69) is 0 Å². The number of rotatable bonds is 7. The molecule has 0 saturated heterocycles. The smallest absolute Gasteiger partial charge is 0.338 e. The second kappa shape index (κ2) is 9.36. The van der Waals surface area contributed by atoms with Crippen LogP contribution in [0.2, 0.25) is 0 Å². The van der Waals surface area contributed by atoms with Crippen LogP contribution in [0.25, 0.3) is 0 Å². The Morgan fingerprint density at radius 2 is 1.93 bits per heavy atom. The summed E-state index contributed by atoms with van der Waals surface area (Å²) in [5.41, 5.74) is 5.16. The highest BCUT2D eigenvalue weighted by Gasteiger charge is 2.41. The number of benzene rings is 1. The molecule has 1 aromatic carbocycles. The SMILES string of the molecule is CCOC(=O)CC1=C(C(=O)OCC)[C@@H](c2ccccc2[N+](=O)[O-])C(C#N)=C(N)O1. The molecule has 1 aromatic rings. The minimum atomic E-state index is -1.24. The number of nitro groups is 1. The van der Waals surface area contributed by atoms with Gasteiger partial charge in [-0.3, -0.25) is 14.9 Å². The van der Waals surface area contributed by atoms with Crippen LogP contribution >= 0.6 is 0 Å². The summed E-state index contributed by atoms with van der Waals surface area (Å²) in [4.78, 5) is 35.6. The number of para-hydroxylation sites is 1. The Balaban J connectivity index is 2.75. The molecular weight excluding hydrogens is 382 g/mol. The number of allylic oxidation sites excluding steroid dienone is 1. The topological polar surface area (TPSA) is 155 Å². The molecule has 0 saturated carbocycles. The van der Waals surface area contributed by atoms with Gasteiger partial charge in [0, 0.05) is 11.6 Å². The monoisotopic (exact) mass is 401 g/mol. The quantitative estimate of drug-likeness (QED) is 0.411. The van der Waals surface area contributed by atoms with E-state index >= 15 is 0 Å². The van der Waals surface area contributed by atoms with Crippen LogP contribution in [-0.4, -0.2) is 30.1 Å². The first-order valence-corrected chi connectivity index (χ1v) is 8.72. The number of nitro benzene ring substituents is 1. The second-order valence-electron chi connectivity index (χ2n) is 5.78. The van der Waals surface area contributed by atoms with E-state index in [1.165, 1.54) is 24.3 Å². The van der Waals surface area contributed by atoms with Crippen molar-refractivity contribution < 1.29 is 28.7 Å². The van der Waals surface area contributed by atoms with Gasteiger partial charge in [0.05, 0.1) is 29.6 Å². The van der Waals surface area contributed by atoms with Crippen molar-refractivity contribution in [1.82, 2.24) is 0 Å². The van der Waals surface area contributed by atoms with Crippen molar-refractivity contribution in [2.75, 3.05) is 13.2 Å². The van der Waals surface area contributed by atoms with Crippen LogP contribution in [0.15, 0.2) is 47.1 Å². The van der Waals surface area contributed by atoms with Gasteiger partial charge in [0.2, 0.25) is 5.88 Å². The predicted octanol–water partition coefficient (Wildman–Crippen LogP) is 2.17. The first-order chi connectivity index (χ1) is 13.8. The molecule has 0 amide bonds. The predicted molar refractivity (Wildman–Crippen MR) is 98.7 cm³/mol. The summed E-state index contributed by atoms with van der Waals surface area (Å²) in [5, 5.41) is 21.1. The average Bonchev–Trinajstić information content (AvgIpc) is 2.67. The molecule has 0 spiro atoms. The van der Waals surface area contributed by atoms with Gasteiger partial charge in [0.15, 0.2) is 0 Å². The Labute approximate surface area is 166 Å². The molecule has 2 rings (SSSR count). The second-order valence-corrected chi connectivity index (χ2v) is 5.78. The fourth-order valence-electron chi connectivity index (χ4n) is 2.93. The molecule has 1 atom stereocenters. The van der Waals surface area contributed by atoms with E-state index in [1.807, 2.05) is 6.07 Å². The van der Waals surface area contributed by atoms with E-state index in [0.717, 1.165) is 0 Å². The minimum absolute atomic E-state index is 0.000292. The number of carbonyl (C=O) groups excluding carboxylic acids is 2. The summed E-state index contributed by atoms with van der Waals surface area (Å²) in [5.74, 6) is -3.35. The number of carbonyl (C=O) groups is 2. The van der Waals surface area contributed by atoms with Gasteiger partial charge >= 0.3 is 11.9 Å². The highest BCUT2D eigenvalue weighted by Crippen LogP contribution is 2.43. The molecule has 0 unspecified atom stereocenters. The molecule has 10 nitrogen and oxygen atoms in total. The van der Waals surface area contributed by atoms with Crippen molar-refractivity contribution >= 4 is 17.6 Å². The van der Waals surface area contributed by atoms with Crippen LogP contribution in [0, 0.1) is 21.4 Å². The Bertz CT molecular complexity index is 943. The third-order valence-corrected chi connectivity index (χ3v) is 4.05. The van der Waals surface area contributed by atoms with Gasteiger partial charge < -0.3 is 19.9 Å². The van der Waals surface area contributed by atoms with Crippen molar-refractivity contribution in [2.45, 2.75) is 26.2 Å². The van der Waals surface area contributed by atoms with Crippen LogP contribution in [0.1, 0.15) is 31.7 Å². The molecule has 0 aromatic heterocycles. The number of esters is 2. The molecule has 29 heavy (non-hydrogen) atoms. The lowest BCUT2D eigenvalue weighted by atomic mass is 9.81. The number of nitriles is 1. The van der Waals surface area contributed by atoms with Crippen molar-refractivity contribution in [3.05, 3.63) is 62.7 Å². The Morgan fingerprint density at radius 3 is 2.52 bits per heavy atom. The van der Waals surface area contributed by atoms with Crippen LogP contribution in [-0.2, 0) is 23.8 Å². The van der Waals surface area contributed by atoms with Crippen molar-refractivity contribution in [3.8, 4) is 6.07 Å². The molecule has 10 heteroatoms. The van der Waals surface area contributed by atoms with Crippen molar-refractivity contribution in [1.29, 1.82) is 5.26 Å². The summed E-state index contributed by atoms with van der Waals surface area (Å²) in [6, 6.07) is 7.46. The fourth-order valence-corrected chi connectivity index (χ4v) is 2.93. The molecule has 0 bridgehead atoms. The Hall–Kier alpha value is -3.87. The van der Waals surface area contributed by atoms with Crippen LogP contribution < -0.4 is 5.73 Å². The number of nitrogens with zero attached hydrogens (tertiary/aromatic N) is 2. The van der Waals surface area contributed by atoms with Gasteiger partial charge in [-0.15, -0.1) is 0 Å². The molecule has 0 fully saturated rings. The third-order valence-electron chi connectivity index (χ3n) is 4.05. The largest absolute Gasteiger partial charge is 0.466 e. The van der Waals surface area contributed by atoms with E-state index in [0.29, 0.717) is 0 Å². The van der Waals surface area contributed by atoms with E-state index in [-0.39, 0.29) is 47.3 Å². The highest BCUT2D eigenvalue weighted by molar-refractivity contribution is 5.94. The van der Waals surface area contributed by atoms with Crippen molar-refractivity contribution in [2.24, 2.45) is 5.73 Å². The Morgan fingerprint density at radius 1 is 1.28 bits per heavy atom. The van der Waals surface area contributed by atoms with Crippen molar-refractivity contribution in [3.63, 3.8) is 0 Å². The van der Waals surface area contributed by atoms with Crippen LogP contribution in [0.4, 0.5) is 5.69 Å². The number of hydrogen-bond donors (Lipinski definition) is 1. The zero-order valence-corrected chi connectivity index (χ0v) is 15.8. The summed E-state index contributed by atoms with van der Waals surface area (Å²) in [6.07, 6.45) is -0.460. The van der Waals surface area contributed by atoms with E-state index in [4.69, 9.17) is 19.9 Å². The molecule has 1 aliphatic rings. The maximum atomic E-state index is 12.7. The number of nitrogens with two attached hydrogens (primary N) is 1. The molecular formula is C19H19N3O7. The van der Waals surface area contributed by atoms with Gasteiger partial charge in [0.25, 0.3) is 5.69 Å². The first-order valence-electron chi connectivity index (χ1n) is 8.72. The zero-order valence-electron chi connectivity index (χ0n) is 15.8. The Kier molecular flexibility index (Phi) is 6.92. The average molecular weight is 401 g/mol. The number of hydrogen-bond acceptors (Lipinski definition) is 9. The lowest BCUT2D eigenvalue weighted by molar-refractivity contribution is -0.385. The van der Waals surface area contributed by atoms with Gasteiger partial charge in [-0.05, 0) is 13.8 Å². The molecule has 0 aliphatic carbocycles. The maximum absolute atomic E-state index is 12.7. The molecule has 1 aliphatic heterocycles. The van der Waals surface area contributed by atoms with E-state index < -0.39 is 29.2 Å². The number of ether oxygens (including phenoxy) is 3. The first kappa shape index (κ1) is 21.4. The highest BCUT2D eigenvalue weighted by atomic mass is 16.6. The normalized spacial score (nSPS) is 16.0. The lowest BCUT2D eigenvalue weighted by Gasteiger charge is -2.27. The third kappa shape index (κ3) is 4.52. The fraction of sp³-hybridized carbons (Fsp3) is 0.316.